The van der Waals surface area contributed by atoms with Gasteiger partial charge in [0.05, 0.1) is 23.1 Å². The molecule has 1 spiro atoms. The van der Waals surface area contributed by atoms with Crippen LogP contribution >= 0.6 is 11.6 Å². The van der Waals surface area contributed by atoms with Crippen LogP contribution in [0, 0.1) is 23.7 Å². The number of nitrogens with one attached hydrogen (secondary N) is 1. The zero-order valence-electron chi connectivity index (χ0n) is 18.5. The van der Waals surface area contributed by atoms with Crippen molar-refractivity contribution in [1.29, 1.82) is 5.26 Å². The van der Waals surface area contributed by atoms with Crippen molar-refractivity contribution in [2.24, 2.45) is 11.1 Å². The van der Waals surface area contributed by atoms with E-state index in [1.165, 1.54) is 0 Å². The first-order chi connectivity index (χ1) is 15.6. The van der Waals surface area contributed by atoms with E-state index in [4.69, 9.17) is 17.3 Å². The molecule has 8 heteroatoms. The maximum absolute atomic E-state index is 13.8. The van der Waals surface area contributed by atoms with Crippen LogP contribution in [-0.4, -0.2) is 16.7 Å². The van der Waals surface area contributed by atoms with Gasteiger partial charge in [0.2, 0.25) is 5.91 Å². The van der Waals surface area contributed by atoms with E-state index in [1.54, 1.807) is 42.4 Å². The van der Waals surface area contributed by atoms with Gasteiger partial charge in [-0.15, -0.1) is 0 Å². The highest BCUT2D eigenvalue weighted by Gasteiger charge is 2.61. The SMILES string of the molecule is Cc1c(Cl)ccc2c1NC(=O)C21C(C#N)=C(N)N(c2cccnc2)C2=C1C(=O)CC(C)(C)C2. The zero-order chi connectivity index (χ0) is 23.7. The molecule has 1 unspecified atom stereocenters. The Morgan fingerprint density at radius 3 is 2.67 bits per heavy atom. The number of anilines is 2. The molecule has 1 aromatic carbocycles. The fourth-order valence-electron chi connectivity index (χ4n) is 5.39. The highest BCUT2D eigenvalue weighted by molar-refractivity contribution is 6.32. The minimum absolute atomic E-state index is 0.0242. The van der Waals surface area contributed by atoms with Crippen LogP contribution in [0.25, 0.3) is 0 Å². The molecule has 5 rings (SSSR count). The molecular formula is C25H22ClN5O2. The summed E-state index contributed by atoms with van der Waals surface area (Å²) in [7, 11) is 0. The van der Waals surface area contributed by atoms with Crippen LogP contribution in [0.15, 0.2) is 59.3 Å². The van der Waals surface area contributed by atoms with Crippen molar-refractivity contribution in [1.82, 2.24) is 4.98 Å². The van der Waals surface area contributed by atoms with Gasteiger partial charge < -0.3 is 11.1 Å². The summed E-state index contributed by atoms with van der Waals surface area (Å²) < 4.78 is 0. The molecule has 3 heterocycles. The smallest absolute Gasteiger partial charge is 0.245 e. The van der Waals surface area contributed by atoms with Gasteiger partial charge in [-0.25, -0.2) is 0 Å². The van der Waals surface area contributed by atoms with Gasteiger partial charge in [-0.3, -0.25) is 19.5 Å². The lowest BCUT2D eigenvalue weighted by Crippen LogP contribution is -2.52. The molecule has 3 N–H and O–H groups in total. The number of benzene rings is 1. The summed E-state index contributed by atoms with van der Waals surface area (Å²) in [5, 5.41) is 13.7. The van der Waals surface area contributed by atoms with Crippen LogP contribution in [-0.2, 0) is 15.0 Å². The number of rotatable bonds is 1. The minimum Gasteiger partial charge on any atom is -0.384 e. The van der Waals surface area contributed by atoms with E-state index in [2.05, 4.69) is 16.4 Å². The molecule has 0 bridgehead atoms. The monoisotopic (exact) mass is 459 g/mol. The number of nitrogens with zero attached hydrogens (tertiary/aromatic N) is 3. The topological polar surface area (TPSA) is 112 Å². The number of ketones is 1. The number of halogens is 1. The number of hydrogen-bond donors (Lipinski definition) is 2. The lowest BCUT2D eigenvalue weighted by molar-refractivity contribution is -0.123. The Morgan fingerprint density at radius 2 is 2.00 bits per heavy atom. The van der Waals surface area contributed by atoms with Crippen LogP contribution < -0.4 is 16.0 Å². The second-order valence-electron chi connectivity index (χ2n) is 9.48. The first-order valence-electron chi connectivity index (χ1n) is 10.6. The highest BCUT2D eigenvalue weighted by atomic mass is 35.5. The largest absolute Gasteiger partial charge is 0.384 e. The molecule has 2 aromatic rings. The number of aromatic nitrogens is 1. The van der Waals surface area contributed by atoms with E-state index in [-0.39, 0.29) is 29.0 Å². The van der Waals surface area contributed by atoms with E-state index in [1.807, 2.05) is 19.9 Å². The number of fused-ring (bicyclic) bond motifs is 3. The van der Waals surface area contributed by atoms with Crippen molar-refractivity contribution in [3.63, 3.8) is 0 Å². The summed E-state index contributed by atoms with van der Waals surface area (Å²) in [5.74, 6) is -0.523. The average molecular weight is 460 g/mol. The summed E-state index contributed by atoms with van der Waals surface area (Å²) in [5.41, 5.74) is 7.98. The van der Waals surface area contributed by atoms with Crippen molar-refractivity contribution in [2.75, 3.05) is 10.2 Å². The molecule has 0 saturated heterocycles. The number of hydrogen-bond acceptors (Lipinski definition) is 6. The number of nitriles is 1. The summed E-state index contributed by atoms with van der Waals surface area (Å²) in [6, 6.07) is 9.16. The number of pyridine rings is 1. The Labute approximate surface area is 196 Å². The highest BCUT2D eigenvalue weighted by Crippen LogP contribution is 2.57. The molecular weight excluding hydrogens is 438 g/mol. The molecule has 0 saturated carbocycles. The average Bonchev–Trinajstić information content (AvgIpc) is 3.04. The number of nitrogens with two attached hydrogens (primary N) is 1. The quantitative estimate of drug-likeness (QED) is 0.664. The molecule has 166 valence electrons. The second-order valence-corrected chi connectivity index (χ2v) is 9.89. The normalized spacial score (nSPS) is 23.4. The van der Waals surface area contributed by atoms with Gasteiger partial charge in [0.25, 0.3) is 0 Å². The van der Waals surface area contributed by atoms with Gasteiger partial charge in [0, 0.05) is 34.5 Å². The molecule has 0 fully saturated rings. The standard InChI is InChI=1S/C25H22ClN5O2/c1-13-17(26)7-6-15-21(13)30-23(33)25(15)16(11-27)22(28)31(14-5-4-8-29-12-14)18-9-24(2,3)10-19(32)20(18)25/h4-8,12H,9-10,28H2,1-3H3,(H,30,33). The van der Waals surface area contributed by atoms with E-state index < -0.39 is 11.3 Å². The third kappa shape index (κ3) is 2.71. The Kier molecular flexibility index (Phi) is 4.46. The fourth-order valence-corrected chi connectivity index (χ4v) is 5.54. The fraction of sp³-hybridized carbons (Fsp3) is 0.280. The summed E-state index contributed by atoms with van der Waals surface area (Å²) in [6.45, 7) is 5.82. The Balaban J connectivity index is 1.92. The van der Waals surface area contributed by atoms with Crippen LogP contribution in [0.4, 0.5) is 11.4 Å². The molecule has 7 nitrogen and oxygen atoms in total. The van der Waals surface area contributed by atoms with Crippen LogP contribution in [0.5, 0.6) is 0 Å². The number of carbonyl (C=O) groups is 2. The Hall–Kier alpha value is -3.63. The van der Waals surface area contributed by atoms with E-state index >= 15 is 0 Å². The zero-order valence-corrected chi connectivity index (χ0v) is 19.2. The maximum atomic E-state index is 13.8. The molecule has 2 aliphatic heterocycles. The Morgan fingerprint density at radius 1 is 1.24 bits per heavy atom. The van der Waals surface area contributed by atoms with Crippen LogP contribution in [0.3, 0.4) is 0 Å². The Bertz CT molecular complexity index is 1350. The number of amides is 1. The van der Waals surface area contributed by atoms with Crippen molar-refractivity contribution in [3.8, 4) is 6.07 Å². The van der Waals surface area contributed by atoms with Crippen molar-refractivity contribution >= 4 is 34.7 Å². The lowest BCUT2D eigenvalue weighted by atomic mass is 9.60. The van der Waals surface area contributed by atoms with Gasteiger partial charge in [-0.05, 0) is 42.5 Å². The molecule has 1 aromatic heterocycles. The van der Waals surface area contributed by atoms with Crippen molar-refractivity contribution < 1.29 is 9.59 Å². The van der Waals surface area contributed by atoms with Gasteiger partial charge in [0.1, 0.15) is 17.3 Å². The molecule has 3 aliphatic rings. The van der Waals surface area contributed by atoms with E-state index in [9.17, 15) is 14.9 Å². The van der Waals surface area contributed by atoms with Gasteiger partial charge in [-0.1, -0.05) is 31.5 Å². The molecule has 33 heavy (non-hydrogen) atoms. The van der Waals surface area contributed by atoms with E-state index in [0.29, 0.717) is 45.2 Å². The van der Waals surface area contributed by atoms with Crippen molar-refractivity contribution in [3.05, 3.63) is 75.5 Å². The summed E-state index contributed by atoms with van der Waals surface area (Å²) >= 11 is 6.33. The van der Waals surface area contributed by atoms with Crippen LogP contribution in [0.1, 0.15) is 37.8 Å². The predicted molar refractivity (Wildman–Crippen MR) is 125 cm³/mol. The van der Waals surface area contributed by atoms with Gasteiger partial charge in [0.15, 0.2) is 5.78 Å². The first kappa shape index (κ1) is 21.2. The predicted octanol–water partition coefficient (Wildman–Crippen LogP) is 4.09. The molecule has 1 atom stereocenters. The van der Waals surface area contributed by atoms with Gasteiger partial charge >= 0.3 is 0 Å². The number of allylic oxidation sites excluding steroid dienone is 1. The number of Topliss-reactive ketones (excluding diaryl/α,β-unsaturated/α-hetero) is 1. The van der Waals surface area contributed by atoms with E-state index in [0.717, 1.165) is 0 Å². The number of carbonyl (C=O) groups excluding carboxylic acids is 2. The minimum atomic E-state index is -1.62. The van der Waals surface area contributed by atoms with Crippen LogP contribution in [0.2, 0.25) is 5.02 Å². The molecule has 0 radical (unpaired) electrons. The summed E-state index contributed by atoms with van der Waals surface area (Å²) in [4.78, 5) is 33.5. The summed E-state index contributed by atoms with van der Waals surface area (Å²) in [6.07, 6.45) is 4.02. The third-order valence-electron chi connectivity index (χ3n) is 6.77. The van der Waals surface area contributed by atoms with Gasteiger partial charge in [-0.2, -0.15) is 5.26 Å². The maximum Gasteiger partial charge on any atom is 0.245 e. The lowest BCUT2D eigenvalue weighted by Gasteiger charge is -2.46. The first-order valence-corrected chi connectivity index (χ1v) is 11.0. The third-order valence-corrected chi connectivity index (χ3v) is 7.18. The van der Waals surface area contributed by atoms with Crippen molar-refractivity contribution in [2.45, 2.75) is 39.0 Å². The molecule has 1 amide bonds. The molecule has 1 aliphatic carbocycles. The second kappa shape index (κ2) is 6.93.